The predicted octanol–water partition coefficient (Wildman–Crippen LogP) is 0.832. The topological polar surface area (TPSA) is 57.2 Å². The minimum Gasteiger partial charge on any atom is -0.545 e. The second-order valence-electron chi connectivity index (χ2n) is 3.82. The van der Waals surface area contributed by atoms with Crippen LogP contribution >= 0.6 is 0 Å². The molecule has 0 N–H and O–H groups in total. The molecule has 1 aliphatic rings. The van der Waals surface area contributed by atoms with Crippen LogP contribution in [0.2, 0.25) is 0 Å². The van der Waals surface area contributed by atoms with Crippen molar-refractivity contribution in [2.45, 2.75) is 39.0 Å². The van der Waals surface area contributed by atoms with Gasteiger partial charge in [0.15, 0.2) is 5.78 Å². The summed E-state index contributed by atoms with van der Waals surface area (Å²) >= 11 is 0. The normalized spacial score (nSPS) is 19.4. The van der Waals surface area contributed by atoms with Gasteiger partial charge >= 0.3 is 0 Å². The fourth-order valence-corrected chi connectivity index (χ4v) is 1.87. The number of aliphatic carboxylic acids is 1. The zero-order valence-corrected chi connectivity index (χ0v) is 8.41. The van der Waals surface area contributed by atoms with E-state index in [0.29, 0.717) is 0 Å². The van der Waals surface area contributed by atoms with Gasteiger partial charge in [-0.05, 0) is 25.7 Å². The average Bonchev–Trinajstić information content (AvgIpc) is 2.15. The van der Waals surface area contributed by atoms with E-state index >= 15 is 0 Å². The van der Waals surface area contributed by atoms with Gasteiger partial charge in [0.1, 0.15) is 0 Å². The van der Waals surface area contributed by atoms with Crippen LogP contribution in [0, 0.1) is 5.92 Å². The van der Waals surface area contributed by atoms with Gasteiger partial charge < -0.3 is 9.90 Å². The van der Waals surface area contributed by atoms with Gasteiger partial charge in [-0.25, -0.2) is 0 Å². The fraction of sp³-hybridized carbons (Fsp3) is 0.636. The van der Waals surface area contributed by atoms with Crippen LogP contribution < -0.4 is 5.11 Å². The molecule has 0 radical (unpaired) electrons. The summed E-state index contributed by atoms with van der Waals surface area (Å²) < 4.78 is 0. The Bertz CT molecular complexity index is 244. The zero-order chi connectivity index (χ0) is 10.6. The van der Waals surface area contributed by atoms with Gasteiger partial charge in [-0.15, -0.1) is 0 Å². The molecule has 14 heavy (non-hydrogen) atoms. The van der Waals surface area contributed by atoms with E-state index in [1.165, 1.54) is 13.3 Å². The lowest BCUT2D eigenvalue weighted by Crippen LogP contribution is -2.28. The third-order valence-corrected chi connectivity index (χ3v) is 2.65. The molecule has 0 atom stereocenters. The van der Waals surface area contributed by atoms with E-state index in [4.69, 9.17) is 0 Å². The van der Waals surface area contributed by atoms with Crippen LogP contribution in [0.15, 0.2) is 11.6 Å². The van der Waals surface area contributed by atoms with Gasteiger partial charge in [-0.3, -0.25) is 4.79 Å². The maximum absolute atomic E-state index is 11.0. The van der Waals surface area contributed by atoms with E-state index < -0.39 is 11.8 Å². The summed E-state index contributed by atoms with van der Waals surface area (Å²) in [5, 5.41) is 10.6. The Kier molecular flexibility index (Phi) is 3.86. The van der Waals surface area contributed by atoms with E-state index in [2.05, 4.69) is 0 Å². The van der Waals surface area contributed by atoms with Gasteiger partial charge in [0.2, 0.25) is 0 Å². The molecule has 1 fully saturated rings. The number of rotatable bonds is 3. The number of Topliss-reactive ketones (excluding diaryl/α,β-unsaturated/α-hetero) is 1. The summed E-state index contributed by atoms with van der Waals surface area (Å²) in [6.07, 6.45) is 7.02. The number of ketones is 1. The highest BCUT2D eigenvalue weighted by Crippen LogP contribution is 2.25. The highest BCUT2D eigenvalue weighted by atomic mass is 16.4. The second-order valence-corrected chi connectivity index (χ2v) is 3.82. The van der Waals surface area contributed by atoms with Gasteiger partial charge in [0, 0.05) is 5.57 Å². The Balaban J connectivity index is 2.70. The minimum absolute atomic E-state index is 0.156. The van der Waals surface area contributed by atoms with Crippen molar-refractivity contribution in [2.75, 3.05) is 0 Å². The summed E-state index contributed by atoms with van der Waals surface area (Å²) in [6.45, 7) is 1.27. The van der Waals surface area contributed by atoms with Crippen LogP contribution in [0.1, 0.15) is 39.0 Å². The van der Waals surface area contributed by atoms with Crippen molar-refractivity contribution in [1.29, 1.82) is 0 Å². The van der Waals surface area contributed by atoms with E-state index in [0.717, 1.165) is 25.7 Å². The Hall–Kier alpha value is -1.12. The molecule has 0 unspecified atom stereocenters. The lowest BCUT2D eigenvalue weighted by atomic mass is 9.87. The fourth-order valence-electron chi connectivity index (χ4n) is 1.87. The van der Waals surface area contributed by atoms with Crippen molar-refractivity contribution in [2.24, 2.45) is 5.92 Å². The number of carbonyl (C=O) groups excluding carboxylic acids is 2. The highest BCUT2D eigenvalue weighted by molar-refractivity contribution is 6.14. The summed E-state index contributed by atoms with van der Waals surface area (Å²) in [5.74, 6) is -1.50. The van der Waals surface area contributed by atoms with Crippen molar-refractivity contribution in [3.8, 4) is 0 Å². The molecule has 0 heterocycles. The van der Waals surface area contributed by atoms with Crippen molar-refractivity contribution in [1.82, 2.24) is 0 Å². The van der Waals surface area contributed by atoms with E-state index in [9.17, 15) is 14.7 Å². The Morgan fingerprint density at radius 3 is 2.21 bits per heavy atom. The Morgan fingerprint density at radius 1 is 1.21 bits per heavy atom. The number of allylic oxidation sites excluding steroid dienone is 1. The van der Waals surface area contributed by atoms with Crippen LogP contribution in [0.25, 0.3) is 0 Å². The molecule has 78 valence electrons. The molecule has 3 nitrogen and oxygen atoms in total. The summed E-state index contributed by atoms with van der Waals surface area (Å²) in [7, 11) is 0. The van der Waals surface area contributed by atoms with Crippen molar-refractivity contribution in [3.63, 3.8) is 0 Å². The average molecular weight is 195 g/mol. The van der Waals surface area contributed by atoms with E-state index in [-0.39, 0.29) is 11.5 Å². The molecule has 0 amide bonds. The van der Waals surface area contributed by atoms with Gasteiger partial charge in [-0.2, -0.15) is 0 Å². The van der Waals surface area contributed by atoms with Crippen molar-refractivity contribution in [3.05, 3.63) is 11.6 Å². The summed E-state index contributed by atoms with van der Waals surface area (Å²) in [6, 6.07) is 0. The first kappa shape index (κ1) is 11.0. The van der Waals surface area contributed by atoms with Crippen LogP contribution in [0.5, 0.6) is 0 Å². The predicted molar refractivity (Wildman–Crippen MR) is 50.3 cm³/mol. The molecule has 0 aromatic rings. The Labute approximate surface area is 83.8 Å². The molecule has 0 aliphatic heterocycles. The molecule has 0 bridgehead atoms. The van der Waals surface area contributed by atoms with E-state index in [1.54, 1.807) is 6.08 Å². The minimum atomic E-state index is -1.34. The molecule has 0 aromatic heterocycles. The van der Waals surface area contributed by atoms with Gasteiger partial charge in [0.05, 0.1) is 5.97 Å². The van der Waals surface area contributed by atoms with Gasteiger partial charge in [0.25, 0.3) is 0 Å². The molecule has 1 saturated carbocycles. The van der Waals surface area contributed by atoms with E-state index in [1.807, 2.05) is 0 Å². The standard InChI is InChI=1S/C11H16O3/c1-8(12)10(11(13)14)7-9-5-3-2-4-6-9/h7,9H,2-6H2,1H3,(H,13,14)/p-1/b10-7+. The summed E-state index contributed by atoms with van der Waals surface area (Å²) in [5.41, 5.74) is -0.156. The molecular weight excluding hydrogens is 180 g/mol. The smallest absolute Gasteiger partial charge is 0.161 e. The quantitative estimate of drug-likeness (QED) is 0.381. The number of hydrogen-bond acceptors (Lipinski definition) is 3. The zero-order valence-electron chi connectivity index (χ0n) is 8.41. The molecule has 1 aliphatic carbocycles. The first-order chi connectivity index (χ1) is 6.61. The van der Waals surface area contributed by atoms with Crippen LogP contribution in [0.4, 0.5) is 0 Å². The third-order valence-electron chi connectivity index (χ3n) is 2.65. The molecule has 0 spiro atoms. The third kappa shape index (κ3) is 2.98. The number of hydrogen-bond donors (Lipinski definition) is 0. The monoisotopic (exact) mass is 195 g/mol. The summed E-state index contributed by atoms with van der Waals surface area (Å²) in [4.78, 5) is 21.6. The lowest BCUT2D eigenvalue weighted by Gasteiger charge is -2.19. The molecule has 0 aromatic carbocycles. The first-order valence-corrected chi connectivity index (χ1v) is 5.05. The number of carbonyl (C=O) groups is 2. The second kappa shape index (κ2) is 4.94. The Morgan fingerprint density at radius 2 is 1.79 bits per heavy atom. The van der Waals surface area contributed by atoms with Gasteiger partial charge in [-0.1, -0.05) is 25.3 Å². The van der Waals surface area contributed by atoms with Crippen molar-refractivity contribution < 1.29 is 14.7 Å². The number of carboxylic acid groups (broad SMARTS) is 1. The molecule has 1 rings (SSSR count). The van der Waals surface area contributed by atoms with Crippen molar-refractivity contribution >= 4 is 11.8 Å². The van der Waals surface area contributed by atoms with Crippen LogP contribution in [0.3, 0.4) is 0 Å². The lowest BCUT2D eigenvalue weighted by molar-refractivity contribution is -0.298. The highest BCUT2D eigenvalue weighted by Gasteiger charge is 2.14. The molecule has 3 heteroatoms. The van der Waals surface area contributed by atoms with Crippen LogP contribution in [-0.2, 0) is 9.59 Å². The first-order valence-electron chi connectivity index (χ1n) is 5.05. The SMILES string of the molecule is CC(=O)/C(=C\C1CCCCC1)C(=O)[O-]. The maximum Gasteiger partial charge on any atom is 0.161 e. The number of carboxylic acids is 1. The molecule has 0 saturated heterocycles. The maximum atomic E-state index is 11.0. The van der Waals surface area contributed by atoms with Crippen LogP contribution in [-0.4, -0.2) is 11.8 Å². The molecular formula is C11H15O3-. The largest absolute Gasteiger partial charge is 0.545 e.